The molecule has 3 rings (SSSR count). The number of thioether (sulfide) groups is 1. The Balaban J connectivity index is 1.74. The molecule has 0 aromatic heterocycles. The van der Waals surface area contributed by atoms with Gasteiger partial charge < -0.3 is 4.90 Å². The van der Waals surface area contributed by atoms with Crippen molar-refractivity contribution < 1.29 is 13.2 Å². The van der Waals surface area contributed by atoms with E-state index >= 15 is 0 Å². The van der Waals surface area contributed by atoms with E-state index in [1.807, 2.05) is 19.0 Å². The summed E-state index contributed by atoms with van der Waals surface area (Å²) in [6, 6.07) is 14.7. The Hall–Kier alpha value is -2.36. The van der Waals surface area contributed by atoms with Crippen molar-refractivity contribution >= 4 is 44.2 Å². The van der Waals surface area contributed by atoms with E-state index in [4.69, 9.17) is 0 Å². The van der Waals surface area contributed by atoms with E-state index in [2.05, 4.69) is 36.2 Å². The summed E-state index contributed by atoms with van der Waals surface area (Å²) in [4.78, 5) is 21.5. The van der Waals surface area contributed by atoms with Crippen molar-refractivity contribution in [3.05, 3.63) is 54.1 Å². The van der Waals surface area contributed by atoms with Crippen molar-refractivity contribution in [2.75, 3.05) is 39.6 Å². The predicted octanol–water partition coefficient (Wildman–Crippen LogP) is 3.59. The van der Waals surface area contributed by atoms with Crippen molar-refractivity contribution in [2.45, 2.75) is 29.9 Å². The maximum atomic E-state index is 13.0. The molecule has 0 saturated carbocycles. The molecule has 2 aromatic carbocycles. The maximum Gasteiger partial charge on any atom is 0.242 e. The lowest BCUT2D eigenvalue weighted by Crippen LogP contribution is -2.32. The average Bonchev–Trinajstić information content (AvgIpc) is 3.12. The van der Waals surface area contributed by atoms with E-state index in [0.717, 1.165) is 11.3 Å². The Labute approximate surface area is 195 Å². The van der Waals surface area contributed by atoms with Crippen LogP contribution in [0.25, 0.3) is 0 Å². The average molecular weight is 475 g/mol. The van der Waals surface area contributed by atoms with E-state index in [-0.39, 0.29) is 16.1 Å². The van der Waals surface area contributed by atoms with Crippen molar-refractivity contribution in [2.24, 2.45) is 4.99 Å². The lowest BCUT2D eigenvalue weighted by molar-refractivity contribution is -0.127. The fraction of sp³-hybridized carbons (Fsp3) is 0.391. The number of aliphatic imine (C=N–C) groups is 1. The van der Waals surface area contributed by atoms with Crippen LogP contribution in [0.1, 0.15) is 18.9 Å². The number of amides is 1. The minimum Gasteiger partial charge on any atom is -0.378 e. The van der Waals surface area contributed by atoms with Gasteiger partial charge >= 0.3 is 0 Å². The van der Waals surface area contributed by atoms with Crippen LogP contribution in [0.15, 0.2) is 58.4 Å². The van der Waals surface area contributed by atoms with Crippen molar-refractivity contribution in [3.63, 3.8) is 0 Å². The second-order valence-electron chi connectivity index (χ2n) is 8.17. The number of anilines is 1. The van der Waals surface area contributed by atoms with Crippen LogP contribution < -0.4 is 4.90 Å². The molecule has 9 heteroatoms. The lowest BCUT2D eigenvalue weighted by Gasteiger charge is -2.17. The zero-order chi connectivity index (χ0) is 23.5. The van der Waals surface area contributed by atoms with Crippen molar-refractivity contribution in [3.8, 4) is 0 Å². The highest BCUT2D eigenvalue weighted by molar-refractivity contribution is 8.14. The number of carbonyl (C=O) groups is 1. The molecule has 1 amide bonds. The molecule has 0 aliphatic carbocycles. The number of hydrogen-bond acceptors (Lipinski definition) is 6. The van der Waals surface area contributed by atoms with Crippen LogP contribution in [0.2, 0.25) is 0 Å². The number of benzene rings is 2. The molecule has 0 spiro atoms. The summed E-state index contributed by atoms with van der Waals surface area (Å²) in [5.41, 5.74) is 2.75. The first-order valence-electron chi connectivity index (χ1n) is 10.4. The Morgan fingerprint density at radius 3 is 2.44 bits per heavy atom. The minimum absolute atomic E-state index is 0.0225. The largest absolute Gasteiger partial charge is 0.378 e. The highest BCUT2D eigenvalue weighted by atomic mass is 32.2. The summed E-state index contributed by atoms with van der Waals surface area (Å²) in [5.74, 6) is 0.0225. The lowest BCUT2D eigenvalue weighted by atomic mass is 10.1. The summed E-state index contributed by atoms with van der Waals surface area (Å²) in [6.07, 6.45) is 1.05. The number of rotatable bonds is 7. The molecule has 1 aliphatic rings. The topological polar surface area (TPSA) is 73.3 Å². The van der Waals surface area contributed by atoms with Gasteiger partial charge in [0, 0.05) is 52.1 Å². The molecule has 0 N–H and O–H groups in total. The highest BCUT2D eigenvalue weighted by Gasteiger charge is 2.30. The van der Waals surface area contributed by atoms with E-state index in [9.17, 15) is 13.2 Å². The first-order chi connectivity index (χ1) is 15.1. The second-order valence-corrected chi connectivity index (χ2v) is 11.7. The van der Waals surface area contributed by atoms with Gasteiger partial charge in [0.1, 0.15) is 0 Å². The number of aryl methyl sites for hydroxylation is 1. The number of amidine groups is 1. The van der Waals surface area contributed by atoms with Gasteiger partial charge in [-0.2, -0.15) is 0 Å². The SMILES string of the molecule is CC1CN(C(=O)CCc2ccc(N(C)C)cc2)C(=Nc2cccc(S(=O)(=O)N(C)C)c2)S1. The predicted molar refractivity (Wildman–Crippen MR) is 132 cm³/mol. The molecule has 1 fully saturated rings. The van der Waals surface area contributed by atoms with Gasteiger partial charge in [0.05, 0.1) is 10.6 Å². The molecular weight excluding hydrogens is 444 g/mol. The number of carbonyl (C=O) groups excluding carboxylic acids is 1. The third-order valence-corrected chi connectivity index (χ3v) is 8.06. The van der Waals surface area contributed by atoms with Crippen LogP contribution in [0, 0.1) is 0 Å². The summed E-state index contributed by atoms with van der Waals surface area (Å²) in [6.45, 7) is 2.65. The summed E-state index contributed by atoms with van der Waals surface area (Å²) < 4.78 is 26.0. The first-order valence-corrected chi connectivity index (χ1v) is 12.7. The van der Waals surface area contributed by atoms with E-state index in [1.165, 1.54) is 30.2 Å². The highest BCUT2D eigenvalue weighted by Crippen LogP contribution is 2.30. The second kappa shape index (κ2) is 10.1. The third kappa shape index (κ3) is 5.70. The van der Waals surface area contributed by atoms with Crippen LogP contribution in [0.4, 0.5) is 11.4 Å². The molecule has 1 unspecified atom stereocenters. The number of nitrogens with zero attached hydrogens (tertiary/aromatic N) is 4. The number of hydrogen-bond donors (Lipinski definition) is 0. The zero-order valence-electron chi connectivity index (χ0n) is 19.1. The molecule has 1 aliphatic heterocycles. The minimum atomic E-state index is -3.55. The van der Waals surface area contributed by atoms with Gasteiger partial charge in [-0.1, -0.05) is 36.9 Å². The molecular formula is C23H30N4O3S2. The van der Waals surface area contributed by atoms with Gasteiger partial charge in [-0.3, -0.25) is 9.69 Å². The van der Waals surface area contributed by atoms with Crippen LogP contribution in [0.3, 0.4) is 0 Å². The van der Waals surface area contributed by atoms with Crippen LogP contribution in [-0.4, -0.2) is 68.7 Å². The smallest absolute Gasteiger partial charge is 0.242 e. The van der Waals surface area contributed by atoms with Crippen molar-refractivity contribution in [1.29, 1.82) is 0 Å². The zero-order valence-corrected chi connectivity index (χ0v) is 20.8. The van der Waals surface area contributed by atoms with Crippen LogP contribution in [0.5, 0.6) is 0 Å². The quantitative estimate of drug-likeness (QED) is 0.613. The van der Waals surface area contributed by atoms with E-state index in [1.54, 1.807) is 29.2 Å². The maximum absolute atomic E-state index is 13.0. The van der Waals surface area contributed by atoms with Gasteiger partial charge in [-0.15, -0.1) is 0 Å². The van der Waals surface area contributed by atoms with Gasteiger partial charge in [-0.25, -0.2) is 17.7 Å². The fourth-order valence-corrected chi connectivity index (χ4v) is 5.28. The summed E-state index contributed by atoms with van der Waals surface area (Å²) >= 11 is 1.53. The van der Waals surface area contributed by atoms with Crippen LogP contribution in [-0.2, 0) is 21.2 Å². The monoisotopic (exact) mass is 474 g/mol. The standard InChI is InChI=1S/C23H30N4O3S2/c1-17-16-27(22(28)14-11-18-9-12-20(13-10-18)25(2)3)23(31-17)24-19-7-6-8-21(15-19)32(29,30)26(4)5/h6-10,12-13,15,17H,11,14,16H2,1-5H3. The van der Waals surface area contributed by atoms with Gasteiger partial charge in [0.25, 0.3) is 0 Å². The Kier molecular flexibility index (Phi) is 7.63. The van der Waals surface area contributed by atoms with E-state index < -0.39 is 10.0 Å². The Morgan fingerprint density at radius 1 is 1.12 bits per heavy atom. The summed E-state index contributed by atoms with van der Waals surface area (Å²) in [5, 5.41) is 0.843. The van der Waals surface area contributed by atoms with Gasteiger partial charge in [0.2, 0.25) is 15.9 Å². The molecule has 2 aromatic rings. The fourth-order valence-electron chi connectivity index (χ4n) is 3.29. The van der Waals surface area contributed by atoms with Crippen molar-refractivity contribution in [1.82, 2.24) is 9.21 Å². The molecule has 7 nitrogen and oxygen atoms in total. The van der Waals surface area contributed by atoms with Gasteiger partial charge in [-0.05, 0) is 42.3 Å². The Bertz CT molecular complexity index is 1100. The molecule has 0 bridgehead atoms. The number of sulfonamides is 1. The molecule has 0 radical (unpaired) electrons. The first kappa shape index (κ1) is 24.3. The van der Waals surface area contributed by atoms with Crippen LogP contribution >= 0.6 is 11.8 Å². The third-order valence-electron chi connectivity index (χ3n) is 5.18. The van der Waals surface area contributed by atoms with E-state index in [0.29, 0.717) is 30.2 Å². The normalized spacial score (nSPS) is 17.9. The Morgan fingerprint density at radius 2 is 1.81 bits per heavy atom. The molecule has 32 heavy (non-hydrogen) atoms. The van der Waals surface area contributed by atoms with Gasteiger partial charge in [0.15, 0.2) is 5.17 Å². The summed E-state index contributed by atoms with van der Waals surface area (Å²) in [7, 11) is 3.44. The molecule has 1 heterocycles. The molecule has 172 valence electrons. The molecule has 1 saturated heterocycles. The molecule has 1 atom stereocenters.